The van der Waals surface area contributed by atoms with Gasteiger partial charge < -0.3 is 19.7 Å². The van der Waals surface area contributed by atoms with E-state index in [0.717, 1.165) is 10.0 Å². The number of amides is 1. The van der Waals surface area contributed by atoms with Gasteiger partial charge in [-0.2, -0.15) is 0 Å². The van der Waals surface area contributed by atoms with Gasteiger partial charge in [0.25, 0.3) is 0 Å². The van der Waals surface area contributed by atoms with Crippen LogP contribution in [0.4, 0.5) is 5.95 Å². The molecule has 2 aromatic rings. The van der Waals surface area contributed by atoms with Crippen LogP contribution in [0.5, 0.6) is 5.75 Å². The lowest BCUT2D eigenvalue weighted by Crippen LogP contribution is -2.54. The summed E-state index contributed by atoms with van der Waals surface area (Å²) >= 11 is 3.44. The minimum atomic E-state index is -0.197. The molecule has 2 N–H and O–H groups in total. The Bertz CT molecular complexity index is 884. The van der Waals surface area contributed by atoms with E-state index < -0.39 is 0 Å². The number of guanidine groups is 1. The van der Waals surface area contributed by atoms with Crippen molar-refractivity contribution in [3.05, 3.63) is 40.9 Å². The fourth-order valence-electron chi connectivity index (χ4n) is 2.77. The number of halogens is 1. The summed E-state index contributed by atoms with van der Waals surface area (Å²) < 4.78 is 6.63. The number of nitrogens with one attached hydrogen (secondary N) is 1. The normalized spacial score (nSPS) is 14.7. The molecule has 10 nitrogen and oxygen atoms in total. The first-order valence-corrected chi connectivity index (χ1v) is 10.3. The molecule has 0 saturated carbocycles. The molecule has 0 radical (unpaired) electrons. The van der Waals surface area contributed by atoms with Gasteiger partial charge in [-0.15, -0.1) is 0 Å². The maximum Gasteiger partial charge on any atom is 0.242 e. The van der Waals surface area contributed by atoms with Gasteiger partial charge in [-0.3, -0.25) is 15.1 Å². The van der Waals surface area contributed by atoms with Crippen molar-refractivity contribution in [1.82, 2.24) is 25.2 Å². The lowest BCUT2D eigenvalue weighted by atomic mass is 10.2. The Morgan fingerprint density at radius 1 is 1.27 bits per heavy atom. The minimum Gasteiger partial charge on any atom is -0.486 e. The van der Waals surface area contributed by atoms with Crippen LogP contribution in [-0.2, 0) is 11.4 Å². The Kier molecular flexibility index (Phi) is 7.39. The number of oxime groups is 1. The number of aromatic nitrogens is 3. The number of anilines is 1. The summed E-state index contributed by atoms with van der Waals surface area (Å²) in [6, 6.07) is 1.88. The molecule has 0 spiro atoms. The van der Waals surface area contributed by atoms with E-state index in [-0.39, 0.29) is 17.8 Å². The van der Waals surface area contributed by atoms with Crippen LogP contribution < -0.4 is 15.0 Å². The Morgan fingerprint density at radius 3 is 2.57 bits per heavy atom. The number of piperazine rings is 1. The molecule has 3 rings (SSSR count). The molecular weight excluding hydrogens is 454 g/mol. The Morgan fingerprint density at radius 2 is 1.97 bits per heavy atom. The van der Waals surface area contributed by atoms with Gasteiger partial charge in [0, 0.05) is 54.5 Å². The summed E-state index contributed by atoms with van der Waals surface area (Å²) in [6.45, 7) is 6.33. The van der Waals surface area contributed by atoms with Crippen LogP contribution in [0.25, 0.3) is 0 Å². The number of pyridine rings is 1. The van der Waals surface area contributed by atoms with Crippen LogP contribution in [-0.4, -0.2) is 63.1 Å². The molecule has 30 heavy (non-hydrogen) atoms. The standard InChI is InChI=1S/C19H24BrN7O3/c1-13(2)17(28)24-19(25-29)27-7-5-26(6-8-27)18-22-9-15(10-23-18)30-12-14-3-4-21-11-16(14)20/h3-4,9-11,13,29H,5-8,12H2,1-2H3,(H,24,25,28). The molecule has 0 aliphatic carbocycles. The van der Waals surface area contributed by atoms with E-state index in [1.54, 1.807) is 38.6 Å². The highest BCUT2D eigenvalue weighted by Crippen LogP contribution is 2.19. The Hall–Kier alpha value is -2.95. The topological polar surface area (TPSA) is 116 Å². The number of rotatable bonds is 5. The molecule has 1 aliphatic rings. The summed E-state index contributed by atoms with van der Waals surface area (Å²) in [5.74, 6) is 0.952. The zero-order chi connectivity index (χ0) is 21.5. The number of carbonyl (C=O) groups is 1. The quantitative estimate of drug-likeness (QED) is 0.290. The van der Waals surface area contributed by atoms with Gasteiger partial charge in [0.05, 0.1) is 12.4 Å². The molecule has 11 heteroatoms. The predicted molar refractivity (Wildman–Crippen MR) is 114 cm³/mol. The zero-order valence-corrected chi connectivity index (χ0v) is 18.4. The third-order valence-electron chi connectivity index (χ3n) is 4.58. The van der Waals surface area contributed by atoms with Crippen molar-refractivity contribution in [3.8, 4) is 5.75 Å². The summed E-state index contributed by atoms with van der Waals surface area (Å²) in [7, 11) is 0. The average Bonchev–Trinajstić information content (AvgIpc) is 2.77. The van der Waals surface area contributed by atoms with Gasteiger partial charge in [-0.1, -0.05) is 19.0 Å². The second-order valence-corrected chi connectivity index (χ2v) is 7.87. The van der Waals surface area contributed by atoms with Crippen molar-refractivity contribution in [1.29, 1.82) is 0 Å². The smallest absolute Gasteiger partial charge is 0.242 e. The number of hydrogen-bond donors (Lipinski definition) is 2. The van der Waals surface area contributed by atoms with Crippen molar-refractivity contribution >= 4 is 33.7 Å². The first-order valence-electron chi connectivity index (χ1n) is 9.54. The molecule has 0 aromatic carbocycles. The molecule has 1 fully saturated rings. The van der Waals surface area contributed by atoms with Crippen LogP contribution in [0.2, 0.25) is 0 Å². The SMILES string of the molecule is CC(C)C(=O)N/C(=N\O)N1CCN(c2ncc(OCc3ccncc3Br)cn2)CC1. The molecular formula is C19H24BrN7O3. The third kappa shape index (κ3) is 5.56. The zero-order valence-electron chi connectivity index (χ0n) is 16.8. The van der Waals surface area contributed by atoms with Crippen LogP contribution in [0.3, 0.4) is 0 Å². The number of hydrogen-bond acceptors (Lipinski definition) is 8. The van der Waals surface area contributed by atoms with Crippen molar-refractivity contribution in [3.63, 3.8) is 0 Å². The fraction of sp³-hybridized carbons (Fsp3) is 0.421. The largest absolute Gasteiger partial charge is 0.486 e. The molecule has 2 aromatic heterocycles. The molecule has 0 bridgehead atoms. The van der Waals surface area contributed by atoms with Crippen LogP contribution in [0.15, 0.2) is 40.5 Å². The van der Waals surface area contributed by atoms with Gasteiger partial charge in [0.1, 0.15) is 6.61 Å². The van der Waals surface area contributed by atoms with Crippen molar-refractivity contribution in [2.75, 3.05) is 31.1 Å². The summed E-state index contributed by atoms with van der Waals surface area (Å²) in [6.07, 6.45) is 6.73. The highest BCUT2D eigenvalue weighted by Gasteiger charge is 2.23. The highest BCUT2D eigenvalue weighted by molar-refractivity contribution is 9.10. The highest BCUT2D eigenvalue weighted by atomic mass is 79.9. The summed E-state index contributed by atoms with van der Waals surface area (Å²) in [4.78, 5) is 28.5. The first kappa shape index (κ1) is 21.8. The average molecular weight is 478 g/mol. The van der Waals surface area contributed by atoms with E-state index in [9.17, 15) is 10.0 Å². The number of carbonyl (C=O) groups excluding carboxylic acids is 1. The van der Waals surface area contributed by atoms with E-state index >= 15 is 0 Å². The second-order valence-electron chi connectivity index (χ2n) is 7.02. The van der Waals surface area contributed by atoms with Crippen molar-refractivity contribution < 1.29 is 14.7 Å². The molecule has 0 atom stereocenters. The van der Waals surface area contributed by atoms with Crippen LogP contribution in [0, 0.1) is 5.92 Å². The van der Waals surface area contributed by atoms with Gasteiger partial charge >= 0.3 is 0 Å². The fourth-order valence-corrected chi connectivity index (χ4v) is 3.13. The molecule has 1 saturated heterocycles. The van der Waals surface area contributed by atoms with Crippen molar-refractivity contribution in [2.45, 2.75) is 20.5 Å². The summed E-state index contributed by atoms with van der Waals surface area (Å²) in [5, 5.41) is 15.1. The number of ether oxygens (including phenoxy) is 1. The maximum atomic E-state index is 11.9. The van der Waals surface area contributed by atoms with E-state index in [1.807, 2.05) is 15.9 Å². The van der Waals surface area contributed by atoms with Crippen LogP contribution >= 0.6 is 15.9 Å². The monoisotopic (exact) mass is 477 g/mol. The molecule has 3 heterocycles. The molecule has 1 aliphatic heterocycles. The number of nitrogens with zero attached hydrogens (tertiary/aromatic N) is 6. The predicted octanol–water partition coefficient (Wildman–Crippen LogP) is 1.85. The summed E-state index contributed by atoms with van der Waals surface area (Å²) in [5.41, 5.74) is 0.983. The van der Waals surface area contributed by atoms with E-state index in [1.165, 1.54) is 0 Å². The van der Waals surface area contributed by atoms with Crippen molar-refractivity contribution in [2.24, 2.45) is 11.1 Å². The lowest BCUT2D eigenvalue weighted by molar-refractivity contribution is -0.122. The molecule has 0 unspecified atom stereocenters. The van der Waals surface area contributed by atoms with Gasteiger partial charge in [0.2, 0.25) is 17.8 Å². The minimum absolute atomic E-state index is 0.167. The van der Waals surface area contributed by atoms with Gasteiger partial charge in [-0.05, 0) is 22.0 Å². The van der Waals surface area contributed by atoms with E-state index in [0.29, 0.717) is 44.5 Å². The maximum absolute atomic E-state index is 11.9. The second kappa shape index (κ2) is 10.2. The van der Waals surface area contributed by atoms with E-state index in [4.69, 9.17) is 4.74 Å². The first-order chi connectivity index (χ1) is 14.5. The van der Waals surface area contributed by atoms with Gasteiger partial charge in [-0.25, -0.2) is 9.97 Å². The van der Waals surface area contributed by atoms with Crippen LogP contribution in [0.1, 0.15) is 19.4 Å². The Balaban J connectivity index is 1.52. The molecule has 1 amide bonds. The molecule has 160 valence electrons. The lowest BCUT2D eigenvalue weighted by Gasteiger charge is -2.35. The van der Waals surface area contributed by atoms with E-state index in [2.05, 4.69) is 41.4 Å². The third-order valence-corrected chi connectivity index (χ3v) is 5.30. The Labute approximate surface area is 183 Å². The van der Waals surface area contributed by atoms with Gasteiger partial charge in [0.15, 0.2) is 5.75 Å².